The summed E-state index contributed by atoms with van der Waals surface area (Å²) < 4.78 is 4.62. The van der Waals surface area contributed by atoms with Crippen LogP contribution in [0.15, 0.2) is 12.1 Å². The van der Waals surface area contributed by atoms with Gasteiger partial charge in [0, 0.05) is 0 Å². The smallest absolute Gasteiger partial charge is 0.338 e. The van der Waals surface area contributed by atoms with Gasteiger partial charge in [-0.15, -0.1) is 0 Å². The minimum Gasteiger partial charge on any atom is -0.465 e. The largest absolute Gasteiger partial charge is 0.465 e. The Morgan fingerprint density at radius 1 is 1.31 bits per heavy atom. The molecule has 0 aromatic heterocycles. The van der Waals surface area contributed by atoms with Crippen LogP contribution in [0.25, 0.3) is 0 Å². The molecule has 3 heteroatoms. The van der Waals surface area contributed by atoms with Crippen LogP contribution in [0.2, 0.25) is 0 Å². The summed E-state index contributed by atoms with van der Waals surface area (Å²) in [6, 6.07) is 3.53. The Balaban J connectivity index is 3.23. The second kappa shape index (κ2) is 3.65. The molecule has 0 aliphatic heterocycles. The van der Waals surface area contributed by atoms with Gasteiger partial charge in [0.2, 0.25) is 0 Å². The molecule has 0 bridgehead atoms. The Labute approximate surface area is 79.3 Å². The topological polar surface area (TPSA) is 26.3 Å². The first-order valence-electron chi connectivity index (χ1n) is 4.01. The summed E-state index contributed by atoms with van der Waals surface area (Å²) in [4.78, 5) is 11.2. The average Bonchev–Trinajstić information content (AvgIpc) is 2.10. The van der Waals surface area contributed by atoms with Crippen molar-refractivity contribution in [1.82, 2.24) is 0 Å². The lowest BCUT2D eigenvalue weighted by Gasteiger charge is -2.07. The number of benzene rings is 1. The van der Waals surface area contributed by atoms with Crippen molar-refractivity contribution < 1.29 is 9.53 Å². The fourth-order valence-corrected chi connectivity index (χ4v) is 1.20. The molecule has 0 heterocycles. The Bertz CT molecular complexity index is 345. The number of carbonyl (C=O) groups is 1. The Morgan fingerprint density at radius 2 is 1.92 bits per heavy atom. The molecule has 66 valence electrons. The molecule has 0 saturated carbocycles. The summed E-state index contributed by atoms with van der Waals surface area (Å²) in [5, 5.41) is 0. The zero-order valence-electron chi connectivity index (χ0n) is 8.05. The van der Waals surface area contributed by atoms with Crippen molar-refractivity contribution in [1.29, 1.82) is 0 Å². The zero-order valence-corrected chi connectivity index (χ0v) is 8.05. The van der Waals surface area contributed by atoms with Crippen molar-refractivity contribution in [3.05, 3.63) is 28.8 Å². The van der Waals surface area contributed by atoms with Gasteiger partial charge in [0.25, 0.3) is 0 Å². The number of ether oxygens (including phenoxy) is 1. The number of esters is 1. The molecular weight excluding hydrogens is 163 g/mol. The number of carbonyl (C=O) groups excluding carboxylic acids is 1. The van der Waals surface area contributed by atoms with Gasteiger partial charge in [-0.1, -0.05) is 23.2 Å². The third-order valence-electron chi connectivity index (χ3n) is 2.02. The van der Waals surface area contributed by atoms with E-state index in [1.165, 1.54) is 7.11 Å². The predicted molar refractivity (Wildman–Crippen MR) is 52.6 cm³/mol. The predicted octanol–water partition coefficient (Wildman–Crippen LogP) is 0.884. The molecule has 0 amide bonds. The van der Waals surface area contributed by atoms with E-state index in [9.17, 15) is 4.79 Å². The maximum Gasteiger partial charge on any atom is 0.338 e. The van der Waals surface area contributed by atoms with Gasteiger partial charge >= 0.3 is 5.97 Å². The van der Waals surface area contributed by atoms with Crippen molar-refractivity contribution in [3.8, 4) is 0 Å². The highest BCUT2D eigenvalue weighted by Crippen LogP contribution is 2.09. The molecule has 0 spiro atoms. The zero-order chi connectivity index (χ0) is 10.0. The van der Waals surface area contributed by atoms with Gasteiger partial charge in [-0.3, -0.25) is 0 Å². The summed E-state index contributed by atoms with van der Waals surface area (Å²) in [6.07, 6.45) is 0. The number of hydrogen-bond acceptors (Lipinski definition) is 2. The molecule has 1 aromatic carbocycles. The third kappa shape index (κ3) is 1.91. The molecule has 0 fully saturated rings. The lowest BCUT2D eigenvalue weighted by molar-refractivity contribution is 0.0600. The van der Waals surface area contributed by atoms with E-state index in [0.717, 1.165) is 11.1 Å². The van der Waals surface area contributed by atoms with Crippen LogP contribution in [0.3, 0.4) is 0 Å². The van der Waals surface area contributed by atoms with Gasteiger partial charge in [0.15, 0.2) is 0 Å². The van der Waals surface area contributed by atoms with Gasteiger partial charge in [-0.05, 0) is 19.4 Å². The average molecular weight is 174 g/mol. The highest BCUT2D eigenvalue weighted by molar-refractivity contribution is 6.33. The second-order valence-electron chi connectivity index (χ2n) is 3.02. The van der Waals surface area contributed by atoms with Crippen LogP contribution >= 0.6 is 0 Å². The quantitative estimate of drug-likeness (QED) is 0.466. The molecule has 13 heavy (non-hydrogen) atoms. The van der Waals surface area contributed by atoms with E-state index in [2.05, 4.69) is 4.74 Å². The molecule has 0 atom stereocenters. The summed E-state index contributed by atoms with van der Waals surface area (Å²) in [5.41, 5.74) is 3.01. The molecule has 0 aliphatic carbocycles. The second-order valence-corrected chi connectivity index (χ2v) is 3.02. The molecule has 0 saturated heterocycles. The Hall–Kier alpha value is -1.25. The van der Waals surface area contributed by atoms with Crippen LogP contribution in [0.1, 0.15) is 21.5 Å². The minimum absolute atomic E-state index is 0.343. The number of methoxy groups -OCH3 is 1. The molecule has 1 aromatic rings. The van der Waals surface area contributed by atoms with E-state index in [-0.39, 0.29) is 5.97 Å². The van der Waals surface area contributed by atoms with Crippen molar-refractivity contribution in [2.45, 2.75) is 13.8 Å². The van der Waals surface area contributed by atoms with Crippen LogP contribution in [-0.2, 0) is 4.74 Å². The molecule has 0 unspecified atom stereocenters. The monoisotopic (exact) mass is 174 g/mol. The highest BCUT2D eigenvalue weighted by Gasteiger charge is 2.09. The van der Waals surface area contributed by atoms with Crippen LogP contribution in [0.5, 0.6) is 0 Å². The van der Waals surface area contributed by atoms with Gasteiger partial charge < -0.3 is 4.74 Å². The number of hydrogen-bond donors (Lipinski definition) is 0. The number of rotatable bonds is 1. The third-order valence-corrected chi connectivity index (χ3v) is 2.02. The lowest BCUT2D eigenvalue weighted by atomic mass is 9.88. The summed E-state index contributed by atoms with van der Waals surface area (Å²) in [7, 11) is 7.03. The standard InChI is InChI=1S/C10H11BO2/c1-6-4-7(2)9(11)5-8(6)10(12)13-3/h4-5H,1-3H3. The number of aryl methyl sites for hydroxylation is 2. The molecule has 0 N–H and O–H groups in total. The van der Waals surface area contributed by atoms with Gasteiger partial charge in [0.1, 0.15) is 7.85 Å². The molecule has 1 rings (SSSR count). The maximum absolute atomic E-state index is 11.2. The molecule has 2 nitrogen and oxygen atoms in total. The molecule has 0 aliphatic rings. The summed E-state index contributed by atoms with van der Waals surface area (Å²) in [5.74, 6) is -0.343. The van der Waals surface area contributed by atoms with E-state index in [4.69, 9.17) is 7.85 Å². The first-order valence-corrected chi connectivity index (χ1v) is 4.01. The SMILES string of the molecule is [B]c1cc(C(=O)OC)c(C)cc1C. The molecular formula is C10H11BO2. The van der Waals surface area contributed by atoms with E-state index in [0.29, 0.717) is 11.0 Å². The highest BCUT2D eigenvalue weighted by atomic mass is 16.5. The summed E-state index contributed by atoms with van der Waals surface area (Å²) >= 11 is 0. The lowest BCUT2D eigenvalue weighted by Crippen LogP contribution is -2.13. The van der Waals surface area contributed by atoms with Crippen LogP contribution in [0, 0.1) is 13.8 Å². The Kier molecular flexibility index (Phi) is 2.76. The minimum atomic E-state index is -0.343. The fourth-order valence-electron chi connectivity index (χ4n) is 1.20. The van der Waals surface area contributed by atoms with Gasteiger partial charge in [0.05, 0.1) is 12.7 Å². The van der Waals surface area contributed by atoms with E-state index < -0.39 is 0 Å². The first kappa shape index (κ1) is 9.84. The van der Waals surface area contributed by atoms with Crippen LogP contribution in [0.4, 0.5) is 0 Å². The van der Waals surface area contributed by atoms with E-state index >= 15 is 0 Å². The first-order chi connectivity index (χ1) is 6.06. The van der Waals surface area contributed by atoms with Crippen LogP contribution in [-0.4, -0.2) is 20.9 Å². The van der Waals surface area contributed by atoms with Crippen molar-refractivity contribution in [3.63, 3.8) is 0 Å². The van der Waals surface area contributed by atoms with Crippen molar-refractivity contribution in [2.24, 2.45) is 0 Å². The summed E-state index contributed by atoms with van der Waals surface area (Å²) in [6.45, 7) is 3.77. The normalized spacial score (nSPS) is 9.77. The van der Waals surface area contributed by atoms with Crippen molar-refractivity contribution in [2.75, 3.05) is 7.11 Å². The maximum atomic E-state index is 11.2. The van der Waals surface area contributed by atoms with Gasteiger partial charge in [-0.2, -0.15) is 0 Å². The Morgan fingerprint density at radius 3 is 2.46 bits per heavy atom. The fraction of sp³-hybridized carbons (Fsp3) is 0.300. The van der Waals surface area contributed by atoms with Crippen LogP contribution < -0.4 is 5.46 Å². The van der Waals surface area contributed by atoms with E-state index in [1.807, 2.05) is 19.9 Å². The van der Waals surface area contributed by atoms with Gasteiger partial charge in [-0.25, -0.2) is 4.79 Å². The van der Waals surface area contributed by atoms with Crippen molar-refractivity contribution >= 4 is 19.3 Å². The molecule has 2 radical (unpaired) electrons. The van der Waals surface area contributed by atoms with E-state index in [1.54, 1.807) is 6.07 Å².